The Labute approximate surface area is 75.9 Å². The molecule has 12 heavy (non-hydrogen) atoms. The van der Waals surface area contributed by atoms with E-state index >= 15 is 0 Å². The molecule has 1 aliphatic carbocycles. The van der Waals surface area contributed by atoms with Crippen LogP contribution in [0.4, 0.5) is 0 Å². The Bertz CT molecular complexity index is 123. The standard InChI is InChI=1S/C10H22N2/c1-8(2)7-12-10-6-4-3-5-9(10)11/h8-10,12H,3-7,11H2,1-2H3. The predicted molar refractivity (Wildman–Crippen MR) is 53.1 cm³/mol. The van der Waals surface area contributed by atoms with Crippen molar-refractivity contribution in [2.75, 3.05) is 6.54 Å². The van der Waals surface area contributed by atoms with E-state index in [1.807, 2.05) is 0 Å². The van der Waals surface area contributed by atoms with Crippen LogP contribution in [0.25, 0.3) is 0 Å². The Morgan fingerprint density at radius 1 is 1.33 bits per heavy atom. The molecule has 1 saturated carbocycles. The molecule has 2 heteroatoms. The van der Waals surface area contributed by atoms with Gasteiger partial charge in [0.15, 0.2) is 0 Å². The molecular weight excluding hydrogens is 148 g/mol. The van der Waals surface area contributed by atoms with Crippen molar-refractivity contribution in [3.63, 3.8) is 0 Å². The Morgan fingerprint density at radius 3 is 2.58 bits per heavy atom. The molecule has 0 saturated heterocycles. The predicted octanol–water partition coefficient (Wildman–Crippen LogP) is 1.50. The third kappa shape index (κ3) is 3.11. The van der Waals surface area contributed by atoms with Crippen LogP contribution in [0.3, 0.4) is 0 Å². The average Bonchev–Trinajstić information content (AvgIpc) is 2.03. The molecule has 2 unspecified atom stereocenters. The van der Waals surface area contributed by atoms with Gasteiger partial charge >= 0.3 is 0 Å². The van der Waals surface area contributed by atoms with E-state index in [-0.39, 0.29) is 0 Å². The fourth-order valence-electron chi connectivity index (χ4n) is 1.80. The molecule has 0 aliphatic heterocycles. The van der Waals surface area contributed by atoms with E-state index in [4.69, 9.17) is 5.73 Å². The summed E-state index contributed by atoms with van der Waals surface area (Å²) < 4.78 is 0. The van der Waals surface area contributed by atoms with Gasteiger partial charge < -0.3 is 11.1 Å². The molecule has 0 radical (unpaired) electrons. The number of rotatable bonds is 3. The van der Waals surface area contributed by atoms with Gasteiger partial charge in [0.1, 0.15) is 0 Å². The van der Waals surface area contributed by atoms with Crippen LogP contribution in [-0.4, -0.2) is 18.6 Å². The molecule has 3 N–H and O–H groups in total. The quantitative estimate of drug-likeness (QED) is 0.673. The monoisotopic (exact) mass is 170 g/mol. The van der Waals surface area contributed by atoms with Crippen LogP contribution in [0.5, 0.6) is 0 Å². The second-order valence-corrected chi connectivity index (χ2v) is 4.36. The van der Waals surface area contributed by atoms with Gasteiger partial charge in [0, 0.05) is 12.1 Å². The highest BCUT2D eigenvalue weighted by atomic mass is 15.0. The molecule has 1 rings (SSSR count). The van der Waals surface area contributed by atoms with E-state index in [1.165, 1.54) is 25.7 Å². The summed E-state index contributed by atoms with van der Waals surface area (Å²) in [6, 6.07) is 0.985. The van der Waals surface area contributed by atoms with E-state index in [0.717, 1.165) is 12.5 Å². The third-order valence-corrected chi connectivity index (χ3v) is 2.61. The van der Waals surface area contributed by atoms with E-state index in [9.17, 15) is 0 Å². The molecule has 0 aromatic rings. The first-order valence-electron chi connectivity index (χ1n) is 5.19. The van der Waals surface area contributed by atoms with E-state index in [2.05, 4.69) is 19.2 Å². The van der Waals surface area contributed by atoms with Crippen molar-refractivity contribution >= 4 is 0 Å². The summed E-state index contributed by atoms with van der Waals surface area (Å²) in [5.41, 5.74) is 6.00. The molecule has 2 atom stereocenters. The summed E-state index contributed by atoms with van der Waals surface area (Å²) in [5, 5.41) is 3.55. The van der Waals surface area contributed by atoms with Crippen molar-refractivity contribution in [1.29, 1.82) is 0 Å². The van der Waals surface area contributed by atoms with Gasteiger partial charge in [-0.3, -0.25) is 0 Å². The van der Waals surface area contributed by atoms with Crippen molar-refractivity contribution in [2.24, 2.45) is 11.7 Å². The maximum absolute atomic E-state index is 6.00. The van der Waals surface area contributed by atoms with Crippen molar-refractivity contribution in [1.82, 2.24) is 5.32 Å². The average molecular weight is 170 g/mol. The maximum atomic E-state index is 6.00. The maximum Gasteiger partial charge on any atom is 0.0219 e. The number of nitrogens with one attached hydrogen (secondary N) is 1. The first-order valence-corrected chi connectivity index (χ1v) is 5.19. The van der Waals surface area contributed by atoms with Crippen LogP contribution in [0.1, 0.15) is 39.5 Å². The van der Waals surface area contributed by atoms with Crippen LogP contribution in [0.2, 0.25) is 0 Å². The molecule has 1 aliphatic rings. The molecule has 0 heterocycles. The van der Waals surface area contributed by atoms with Crippen molar-refractivity contribution in [3.05, 3.63) is 0 Å². The third-order valence-electron chi connectivity index (χ3n) is 2.61. The smallest absolute Gasteiger partial charge is 0.0219 e. The Balaban J connectivity index is 2.20. The largest absolute Gasteiger partial charge is 0.326 e. The zero-order valence-electron chi connectivity index (χ0n) is 8.34. The van der Waals surface area contributed by atoms with Crippen molar-refractivity contribution < 1.29 is 0 Å². The minimum Gasteiger partial charge on any atom is -0.326 e. The van der Waals surface area contributed by atoms with Crippen molar-refractivity contribution in [3.8, 4) is 0 Å². The lowest BCUT2D eigenvalue weighted by Gasteiger charge is -2.30. The minimum atomic E-state index is 0.400. The zero-order valence-corrected chi connectivity index (χ0v) is 8.34. The summed E-state index contributed by atoms with van der Waals surface area (Å²) in [7, 11) is 0. The summed E-state index contributed by atoms with van der Waals surface area (Å²) in [4.78, 5) is 0. The van der Waals surface area contributed by atoms with Gasteiger partial charge in [-0.25, -0.2) is 0 Å². The molecule has 2 nitrogen and oxygen atoms in total. The molecule has 0 aromatic heterocycles. The fraction of sp³-hybridized carbons (Fsp3) is 1.00. The normalized spacial score (nSPS) is 31.0. The highest BCUT2D eigenvalue weighted by molar-refractivity contribution is 4.83. The summed E-state index contributed by atoms with van der Waals surface area (Å²) in [6.45, 7) is 5.58. The van der Waals surface area contributed by atoms with Gasteiger partial charge in [-0.1, -0.05) is 26.7 Å². The molecule has 72 valence electrons. The number of hydrogen-bond acceptors (Lipinski definition) is 2. The first-order chi connectivity index (χ1) is 5.70. The topological polar surface area (TPSA) is 38.0 Å². The Morgan fingerprint density at radius 2 is 2.00 bits per heavy atom. The summed E-state index contributed by atoms with van der Waals surface area (Å²) >= 11 is 0. The van der Waals surface area contributed by atoms with Gasteiger partial charge in [0.2, 0.25) is 0 Å². The lowest BCUT2D eigenvalue weighted by atomic mass is 9.91. The number of hydrogen-bond donors (Lipinski definition) is 2. The lowest BCUT2D eigenvalue weighted by Crippen LogP contribution is -2.48. The van der Waals surface area contributed by atoms with Crippen LogP contribution >= 0.6 is 0 Å². The van der Waals surface area contributed by atoms with E-state index in [1.54, 1.807) is 0 Å². The Kier molecular flexibility index (Phi) is 4.02. The molecule has 0 amide bonds. The van der Waals surface area contributed by atoms with E-state index in [0.29, 0.717) is 12.1 Å². The molecule has 0 spiro atoms. The Hall–Kier alpha value is -0.0800. The van der Waals surface area contributed by atoms with Crippen LogP contribution in [0, 0.1) is 5.92 Å². The molecule has 1 fully saturated rings. The van der Waals surface area contributed by atoms with Crippen LogP contribution in [0.15, 0.2) is 0 Å². The highest BCUT2D eigenvalue weighted by Gasteiger charge is 2.20. The SMILES string of the molecule is CC(C)CNC1CCCCC1N. The van der Waals surface area contributed by atoms with Gasteiger partial charge in [0.25, 0.3) is 0 Å². The van der Waals surface area contributed by atoms with Gasteiger partial charge in [0.05, 0.1) is 0 Å². The second kappa shape index (κ2) is 4.83. The van der Waals surface area contributed by atoms with Gasteiger partial charge in [-0.2, -0.15) is 0 Å². The lowest BCUT2D eigenvalue weighted by molar-refractivity contribution is 0.317. The first kappa shape index (κ1) is 10.0. The van der Waals surface area contributed by atoms with Crippen LogP contribution < -0.4 is 11.1 Å². The highest BCUT2D eigenvalue weighted by Crippen LogP contribution is 2.16. The summed E-state index contributed by atoms with van der Waals surface area (Å²) in [5.74, 6) is 0.735. The molecular formula is C10H22N2. The van der Waals surface area contributed by atoms with Crippen molar-refractivity contribution in [2.45, 2.75) is 51.6 Å². The fourth-order valence-corrected chi connectivity index (χ4v) is 1.80. The van der Waals surface area contributed by atoms with E-state index < -0.39 is 0 Å². The van der Waals surface area contributed by atoms with Gasteiger partial charge in [-0.15, -0.1) is 0 Å². The van der Waals surface area contributed by atoms with Crippen LogP contribution in [-0.2, 0) is 0 Å². The zero-order chi connectivity index (χ0) is 8.97. The molecule has 0 aromatic carbocycles. The minimum absolute atomic E-state index is 0.400. The van der Waals surface area contributed by atoms with Gasteiger partial charge in [-0.05, 0) is 25.3 Å². The molecule has 0 bridgehead atoms. The second-order valence-electron chi connectivity index (χ2n) is 4.36. The summed E-state index contributed by atoms with van der Waals surface area (Å²) in [6.07, 6.45) is 5.15. The number of nitrogens with two attached hydrogens (primary N) is 1.